The topological polar surface area (TPSA) is 86.8 Å². The van der Waals surface area contributed by atoms with Crippen molar-refractivity contribution >= 4 is 43.5 Å². The van der Waals surface area contributed by atoms with E-state index in [0.717, 1.165) is 9.87 Å². The maximum absolute atomic E-state index is 13.8. The number of nitrogens with zero attached hydrogens (tertiary/aromatic N) is 2. The number of benzene rings is 3. The van der Waals surface area contributed by atoms with Crippen LogP contribution in [0.2, 0.25) is 0 Å². The van der Waals surface area contributed by atoms with E-state index in [-0.39, 0.29) is 23.3 Å². The van der Waals surface area contributed by atoms with Crippen LogP contribution >= 0.6 is 15.9 Å². The molecular weight excluding hydrogens is 566 g/mol. The summed E-state index contributed by atoms with van der Waals surface area (Å²) in [6.07, 6.45) is 0.525. The molecule has 0 aromatic heterocycles. The summed E-state index contributed by atoms with van der Waals surface area (Å²) in [6.45, 7) is 5.95. The predicted octanol–water partition coefficient (Wildman–Crippen LogP) is 4.88. The molecule has 0 aliphatic rings. The predicted molar refractivity (Wildman–Crippen MR) is 154 cm³/mol. The minimum atomic E-state index is -4.07. The number of rotatable bonds is 12. The molecule has 1 N–H and O–H groups in total. The Morgan fingerprint density at radius 2 is 1.53 bits per heavy atom. The van der Waals surface area contributed by atoms with Crippen LogP contribution in [-0.2, 0) is 26.0 Å². The van der Waals surface area contributed by atoms with Crippen LogP contribution in [0.15, 0.2) is 94.3 Å². The fourth-order valence-corrected chi connectivity index (χ4v) is 5.72. The van der Waals surface area contributed by atoms with E-state index in [1.807, 2.05) is 44.2 Å². The van der Waals surface area contributed by atoms with Crippen LogP contribution in [0.1, 0.15) is 26.3 Å². The number of carbonyl (C=O) groups is 2. The zero-order valence-electron chi connectivity index (χ0n) is 21.9. The van der Waals surface area contributed by atoms with Crippen molar-refractivity contribution < 1.29 is 18.0 Å². The monoisotopic (exact) mass is 599 g/mol. The Kier molecular flexibility index (Phi) is 10.5. The molecule has 0 aliphatic carbocycles. The van der Waals surface area contributed by atoms with Crippen molar-refractivity contribution in [2.45, 2.75) is 38.1 Å². The van der Waals surface area contributed by atoms with E-state index in [9.17, 15) is 18.0 Å². The number of hydrogen-bond donors (Lipinski definition) is 1. The van der Waals surface area contributed by atoms with Crippen LogP contribution in [0.3, 0.4) is 0 Å². The average molecular weight is 601 g/mol. The first kappa shape index (κ1) is 29.4. The Bertz CT molecular complexity index is 1320. The molecule has 9 heteroatoms. The Hall–Kier alpha value is -3.17. The van der Waals surface area contributed by atoms with Gasteiger partial charge in [0.15, 0.2) is 0 Å². The Morgan fingerprint density at radius 3 is 2.13 bits per heavy atom. The maximum atomic E-state index is 13.8. The van der Waals surface area contributed by atoms with Crippen LogP contribution in [-0.4, -0.2) is 50.8 Å². The molecule has 0 saturated carbocycles. The standard InChI is InChI=1S/C29H34BrN3O4S/c1-22(2)20-31-29(35)23(3)32(18-17-24-11-6-4-7-12-24)28(34)21-33(26-14-10-13-25(30)19-26)38(36,37)27-15-8-5-9-16-27/h4-16,19,22-23H,17-18,20-21H2,1-3H3,(H,31,35). The highest BCUT2D eigenvalue weighted by Gasteiger charge is 2.32. The molecule has 202 valence electrons. The van der Waals surface area contributed by atoms with Gasteiger partial charge < -0.3 is 10.2 Å². The molecule has 0 heterocycles. The van der Waals surface area contributed by atoms with E-state index in [1.165, 1.54) is 17.0 Å². The quantitative estimate of drug-likeness (QED) is 0.321. The molecular formula is C29H34BrN3O4S. The van der Waals surface area contributed by atoms with Crippen molar-refractivity contribution in [3.8, 4) is 0 Å². The summed E-state index contributed by atoms with van der Waals surface area (Å²) >= 11 is 3.40. The van der Waals surface area contributed by atoms with Gasteiger partial charge in [0.2, 0.25) is 11.8 Å². The number of amides is 2. The summed E-state index contributed by atoms with van der Waals surface area (Å²) in [7, 11) is -4.07. The molecule has 3 rings (SSSR count). The molecule has 1 atom stereocenters. The van der Waals surface area contributed by atoms with Gasteiger partial charge in [-0.15, -0.1) is 0 Å². The molecule has 3 aromatic carbocycles. The highest BCUT2D eigenvalue weighted by Crippen LogP contribution is 2.26. The largest absolute Gasteiger partial charge is 0.354 e. The number of anilines is 1. The fourth-order valence-electron chi connectivity index (χ4n) is 3.90. The van der Waals surface area contributed by atoms with Gasteiger partial charge in [0, 0.05) is 17.6 Å². The number of halogens is 1. The third-order valence-electron chi connectivity index (χ3n) is 6.04. The van der Waals surface area contributed by atoms with Gasteiger partial charge in [-0.2, -0.15) is 0 Å². The molecule has 0 aliphatic heterocycles. The normalized spacial score (nSPS) is 12.1. The molecule has 1 unspecified atom stereocenters. The van der Waals surface area contributed by atoms with Crippen molar-refractivity contribution in [1.29, 1.82) is 0 Å². The van der Waals surface area contributed by atoms with Crippen LogP contribution in [0.25, 0.3) is 0 Å². The average Bonchev–Trinajstić information content (AvgIpc) is 2.91. The molecule has 7 nitrogen and oxygen atoms in total. The third-order valence-corrected chi connectivity index (χ3v) is 8.32. The second-order valence-corrected chi connectivity index (χ2v) is 12.2. The molecule has 0 spiro atoms. The fraction of sp³-hybridized carbons (Fsp3) is 0.310. The van der Waals surface area contributed by atoms with Gasteiger partial charge in [0.25, 0.3) is 10.0 Å². The highest BCUT2D eigenvalue weighted by atomic mass is 79.9. The summed E-state index contributed by atoms with van der Waals surface area (Å²) < 4.78 is 29.2. The van der Waals surface area contributed by atoms with Gasteiger partial charge in [0.1, 0.15) is 12.6 Å². The Morgan fingerprint density at radius 1 is 0.895 bits per heavy atom. The minimum Gasteiger partial charge on any atom is -0.354 e. The molecule has 0 fully saturated rings. The van der Waals surface area contributed by atoms with E-state index >= 15 is 0 Å². The summed E-state index contributed by atoms with van der Waals surface area (Å²) in [5, 5.41) is 2.89. The summed E-state index contributed by atoms with van der Waals surface area (Å²) in [5.41, 5.74) is 1.36. The van der Waals surface area contributed by atoms with Crippen molar-refractivity contribution in [2.75, 3.05) is 23.9 Å². The molecule has 3 aromatic rings. The van der Waals surface area contributed by atoms with E-state index in [0.29, 0.717) is 23.1 Å². The lowest BCUT2D eigenvalue weighted by Crippen LogP contribution is -2.52. The zero-order chi connectivity index (χ0) is 27.7. The molecule has 0 saturated heterocycles. The van der Waals surface area contributed by atoms with Crippen molar-refractivity contribution in [1.82, 2.24) is 10.2 Å². The molecule has 2 amide bonds. The maximum Gasteiger partial charge on any atom is 0.264 e. The Labute approximate surface area is 234 Å². The van der Waals surface area contributed by atoms with E-state index in [1.54, 1.807) is 49.4 Å². The number of nitrogens with one attached hydrogen (secondary N) is 1. The number of sulfonamides is 1. The highest BCUT2D eigenvalue weighted by molar-refractivity contribution is 9.10. The molecule has 0 radical (unpaired) electrons. The number of carbonyl (C=O) groups excluding carboxylic acids is 2. The van der Waals surface area contributed by atoms with Gasteiger partial charge in [0.05, 0.1) is 10.6 Å². The van der Waals surface area contributed by atoms with Crippen molar-refractivity contribution in [3.05, 3.63) is 95.0 Å². The first-order chi connectivity index (χ1) is 18.1. The smallest absolute Gasteiger partial charge is 0.264 e. The van der Waals surface area contributed by atoms with Crippen LogP contribution in [0, 0.1) is 5.92 Å². The third kappa shape index (κ3) is 7.91. The van der Waals surface area contributed by atoms with Crippen molar-refractivity contribution in [3.63, 3.8) is 0 Å². The van der Waals surface area contributed by atoms with E-state index < -0.39 is 28.5 Å². The SMILES string of the molecule is CC(C)CNC(=O)C(C)N(CCc1ccccc1)C(=O)CN(c1cccc(Br)c1)S(=O)(=O)c1ccccc1. The van der Waals surface area contributed by atoms with Gasteiger partial charge in [-0.1, -0.05) is 84.4 Å². The summed E-state index contributed by atoms with van der Waals surface area (Å²) in [6, 6.07) is 23.7. The minimum absolute atomic E-state index is 0.0753. The van der Waals surface area contributed by atoms with Gasteiger partial charge in [-0.3, -0.25) is 13.9 Å². The number of hydrogen-bond acceptors (Lipinski definition) is 4. The molecule has 38 heavy (non-hydrogen) atoms. The van der Waals surface area contributed by atoms with E-state index in [4.69, 9.17) is 0 Å². The van der Waals surface area contributed by atoms with Crippen LogP contribution in [0.5, 0.6) is 0 Å². The lowest BCUT2D eigenvalue weighted by atomic mass is 10.1. The second-order valence-electron chi connectivity index (χ2n) is 9.44. The zero-order valence-corrected chi connectivity index (χ0v) is 24.3. The first-order valence-electron chi connectivity index (χ1n) is 12.5. The Balaban J connectivity index is 1.94. The van der Waals surface area contributed by atoms with Gasteiger partial charge >= 0.3 is 0 Å². The van der Waals surface area contributed by atoms with E-state index in [2.05, 4.69) is 21.2 Å². The van der Waals surface area contributed by atoms with Gasteiger partial charge in [-0.25, -0.2) is 8.42 Å². The summed E-state index contributed by atoms with van der Waals surface area (Å²) in [5.74, 6) is -0.490. The summed E-state index contributed by atoms with van der Waals surface area (Å²) in [4.78, 5) is 28.3. The first-order valence-corrected chi connectivity index (χ1v) is 14.8. The lowest BCUT2D eigenvalue weighted by Gasteiger charge is -2.32. The lowest BCUT2D eigenvalue weighted by molar-refractivity contribution is -0.138. The molecule has 0 bridgehead atoms. The van der Waals surface area contributed by atoms with Crippen LogP contribution in [0.4, 0.5) is 5.69 Å². The second kappa shape index (κ2) is 13.6. The van der Waals surface area contributed by atoms with Crippen molar-refractivity contribution in [2.24, 2.45) is 5.92 Å². The van der Waals surface area contributed by atoms with Crippen LogP contribution < -0.4 is 9.62 Å². The van der Waals surface area contributed by atoms with Gasteiger partial charge in [-0.05, 0) is 55.2 Å².